The van der Waals surface area contributed by atoms with Gasteiger partial charge in [0.15, 0.2) is 0 Å². The van der Waals surface area contributed by atoms with Gasteiger partial charge in [-0.05, 0) is 6.92 Å². The minimum absolute atomic E-state index is 0.0412. The minimum atomic E-state index is -0.429. The Morgan fingerprint density at radius 3 is 2.47 bits per heavy atom. The number of aromatic nitrogens is 2. The summed E-state index contributed by atoms with van der Waals surface area (Å²) >= 11 is 1.88. The third-order valence-corrected chi connectivity index (χ3v) is 4.19. The van der Waals surface area contributed by atoms with Crippen LogP contribution in [0.2, 0.25) is 0 Å². The van der Waals surface area contributed by atoms with E-state index in [1.54, 1.807) is 6.92 Å². The van der Waals surface area contributed by atoms with E-state index in [0.29, 0.717) is 22.0 Å². The van der Waals surface area contributed by atoms with Gasteiger partial charge in [0.1, 0.15) is 5.69 Å². The third-order valence-electron chi connectivity index (χ3n) is 2.96. The Kier molecular flexibility index (Phi) is 3.79. The number of thioether (sulfide) groups is 1. The zero-order chi connectivity index (χ0) is 14.2. The lowest BCUT2D eigenvalue weighted by atomic mass is 10.2. The van der Waals surface area contributed by atoms with Gasteiger partial charge in [-0.3, -0.25) is 10.1 Å². The quantitative estimate of drug-likeness (QED) is 0.650. The van der Waals surface area contributed by atoms with E-state index in [-0.39, 0.29) is 11.6 Å². The van der Waals surface area contributed by atoms with Crippen LogP contribution in [0.25, 0.3) is 0 Å². The molecule has 104 valence electrons. The smallest absolute Gasteiger partial charge is 0.332 e. The number of nitrogens with zero attached hydrogens (tertiary/aromatic N) is 4. The molecule has 0 saturated carbocycles. The zero-order valence-electron chi connectivity index (χ0n) is 11.2. The summed E-state index contributed by atoms with van der Waals surface area (Å²) in [7, 11) is 0. The molecule has 0 amide bonds. The van der Waals surface area contributed by atoms with E-state index >= 15 is 0 Å². The predicted octanol–water partition coefficient (Wildman–Crippen LogP) is 1.61. The molecule has 2 heterocycles. The Balaban J connectivity index is 2.45. The number of rotatable bonds is 2. The fraction of sp³-hybridized carbons (Fsp3) is 0.636. The van der Waals surface area contributed by atoms with Crippen LogP contribution in [0.3, 0.4) is 0 Å². The number of hydrogen-bond donors (Lipinski definition) is 1. The molecule has 1 aromatic rings. The Labute approximate surface area is 115 Å². The summed E-state index contributed by atoms with van der Waals surface area (Å²) in [5, 5.41) is 12.0. The molecule has 1 fully saturated rings. The van der Waals surface area contributed by atoms with E-state index < -0.39 is 4.92 Å². The molecule has 2 N–H and O–H groups in total. The van der Waals surface area contributed by atoms with Crippen molar-refractivity contribution < 1.29 is 4.92 Å². The van der Waals surface area contributed by atoms with E-state index in [0.717, 1.165) is 13.1 Å². The van der Waals surface area contributed by atoms with Gasteiger partial charge < -0.3 is 10.6 Å². The van der Waals surface area contributed by atoms with Gasteiger partial charge >= 0.3 is 5.69 Å². The molecule has 2 rings (SSSR count). The van der Waals surface area contributed by atoms with Crippen molar-refractivity contribution in [2.24, 2.45) is 0 Å². The summed E-state index contributed by atoms with van der Waals surface area (Å²) in [5.74, 6) is 0.422. The van der Waals surface area contributed by atoms with Gasteiger partial charge in [0.05, 0.1) is 4.92 Å². The first-order valence-electron chi connectivity index (χ1n) is 6.07. The van der Waals surface area contributed by atoms with Crippen LogP contribution in [0.4, 0.5) is 17.5 Å². The molecule has 0 aliphatic carbocycles. The maximum absolute atomic E-state index is 11.2. The van der Waals surface area contributed by atoms with Crippen molar-refractivity contribution in [1.29, 1.82) is 0 Å². The van der Waals surface area contributed by atoms with Crippen LogP contribution in [-0.4, -0.2) is 38.5 Å². The molecule has 7 nitrogen and oxygen atoms in total. The summed E-state index contributed by atoms with van der Waals surface area (Å²) in [6, 6.07) is 0. The lowest BCUT2D eigenvalue weighted by molar-refractivity contribution is -0.385. The fourth-order valence-electron chi connectivity index (χ4n) is 2.36. The molecule has 0 radical (unpaired) electrons. The molecule has 8 heteroatoms. The first-order valence-corrected chi connectivity index (χ1v) is 7.01. The lowest BCUT2D eigenvalue weighted by Gasteiger charge is -2.35. The topological polar surface area (TPSA) is 98.2 Å². The van der Waals surface area contributed by atoms with Crippen molar-refractivity contribution in [2.75, 3.05) is 23.7 Å². The highest BCUT2D eigenvalue weighted by atomic mass is 32.2. The molecule has 2 atom stereocenters. The van der Waals surface area contributed by atoms with Crippen LogP contribution in [-0.2, 0) is 0 Å². The SMILES string of the molecule is Cc1nc(N)nc(N2CC(C)SC(C)C2)c1[N+](=O)[O-]. The van der Waals surface area contributed by atoms with Gasteiger partial charge in [0.2, 0.25) is 11.8 Å². The summed E-state index contributed by atoms with van der Waals surface area (Å²) in [4.78, 5) is 20.7. The van der Waals surface area contributed by atoms with Crippen LogP contribution in [0.15, 0.2) is 0 Å². The van der Waals surface area contributed by atoms with Gasteiger partial charge in [-0.2, -0.15) is 16.7 Å². The van der Waals surface area contributed by atoms with E-state index in [2.05, 4.69) is 23.8 Å². The Hall–Kier alpha value is -1.57. The number of nitrogen functional groups attached to an aromatic ring is 1. The van der Waals surface area contributed by atoms with Crippen molar-refractivity contribution in [3.8, 4) is 0 Å². The summed E-state index contributed by atoms with van der Waals surface area (Å²) in [6.07, 6.45) is 0. The summed E-state index contributed by atoms with van der Waals surface area (Å²) in [6.45, 7) is 7.26. The normalized spacial score (nSPS) is 23.4. The summed E-state index contributed by atoms with van der Waals surface area (Å²) in [5.41, 5.74) is 5.90. The zero-order valence-corrected chi connectivity index (χ0v) is 12.0. The Morgan fingerprint density at radius 1 is 1.37 bits per heavy atom. The third kappa shape index (κ3) is 2.89. The highest BCUT2D eigenvalue weighted by molar-refractivity contribution is 8.00. The average molecular weight is 283 g/mol. The van der Waals surface area contributed by atoms with Crippen molar-refractivity contribution in [3.05, 3.63) is 15.8 Å². The van der Waals surface area contributed by atoms with Crippen LogP contribution in [0.5, 0.6) is 0 Å². The molecule has 0 bridgehead atoms. The van der Waals surface area contributed by atoms with Crippen molar-refractivity contribution in [3.63, 3.8) is 0 Å². The first-order chi connectivity index (χ1) is 8.88. The van der Waals surface area contributed by atoms with Gasteiger partial charge in [0, 0.05) is 23.6 Å². The van der Waals surface area contributed by atoms with E-state index in [1.165, 1.54) is 0 Å². The molecule has 0 spiro atoms. The van der Waals surface area contributed by atoms with E-state index in [9.17, 15) is 10.1 Å². The predicted molar refractivity (Wildman–Crippen MR) is 76.6 cm³/mol. The van der Waals surface area contributed by atoms with Crippen LogP contribution < -0.4 is 10.6 Å². The molecular formula is C11H17N5O2S. The monoisotopic (exact) mass is 283 g/mol. The van der Waals surface area contributed by atoms with Crippen LogP contribution in [0.1, 0.15) is 19.5 Å². The molecule has 1 aliphatic heterocycles. The second-order valence-electron chi connectivity index (χ2n) is 4.76. The van der Waals surface area contributed by atoms with Gasteiger partial charge in [0.25, 0.3) is 0 Å². The maximum Gasteiger partial charge on any atom is 0.332 e. The van der Waals surface area contributed by atoms with E-state index in [1.807, 2.05) is 16.7 Å². The molecule has 1 saturated heterocycles. The largest absolute Gasteiger partial charge is 0.368 e. The number of nitrogens with two attached hydrogens (primary N) is 1. The number of aryl methyl sites for hydroxylation is 1. The molecule has 2 unspecified atom stereocenters. The molecule has 1 aromatic heterocycles. The van der Waals surface area contributed by atoms with Crippen molar-refractivity contribution in [1.82, 2.24) is 9.97 Å². The number of anilines is 2. The van der Waals surface area contributed by atoms with Gasteiger partial charge in [-0.1, -0.05) is 13.8 Å². The Bertz CT molecular complexity index is 500. The molecule has 0 aromatic carbocycles. The average Bonchev–Trinajstić information content (AvgIpc) is 2.25. The van der Waals surface area contributed by atoms with Crippen molar-refractivity contribution in [2.45, 2.75) is 31.3 Å². The van der Waals surface area contributed by atoms with Crippen molar-refractivity contribution >= 4 is 29.2 Å². The summed E-state index contributed by atoms with van der Waals surface area (Å²) < 4.78 is 0. The molecule has 19 heavy (non-hydrogen) atoms. The van der Waals surface area contributed by atoms with Crippen LogP contribution in [0, 0.1) is 17.0 Å². The highest BCUT2D eigenvalue weighted by Gasteiger charge is 2.30. The standard InChI is InChI=1S/C11H17N5O2S/c1-6-4-15(5-7(2)19-6)10-9(16(17)18)8(3)13-11(12)14-10/h6-7H,4-5H2,1-3H3,(H2,12,13,14). The van der Waals surface area contributed by atoms with Crippen LogP contribution >= 0.6 is 11.8 Å². The highest BCUT2D eigenvalue weighted by Crippen LogP contribution is 2.34. The molecule has 1 aliphatic rings. The van der Waals surface area contributed by atoms with Gasteiger partial charge in [-0.25, -0.2) is 4.98 Å². The Morgan fingerprint density at radius 2 is 1.95 bits per heavy atom. The lowest BCUT2D eigenvalue weighted by Crippen LogP contribution is -2.41. The number of hydrogen-bond acceptors (Lipinski definition) is 7. The van der Waals surface area contributed by atoms with Gasteiger partial charge in [-0.15, -0.1) is 0 Å². The minimum Gasteiger partial charge on any atom is -0.368 e. The first kappa shape index (κ1) is 13.9. The fourth-order valence-corrected chi connectivity index (χ4v) is 3.68. The van der Waals surface area contributed by atoms with E-state index in [4.69, 9.17) is 5.73 Å². The number of nitro groups is 1. The second-order valence-corrected chi connectivity index (χ2v) is 6.64. The molecular weight excluding hydrogens is 266 g/mol. The maximum atomic E-state index is 11.2. The second kappa shape index (κ2) is 5.20.